The Labute approximate surface area is 191 Å². The summed E-state index contributed by atoms with van der Waals surface area (Å²) in [4.78, 5) is 19.7. The topological polar surface area (TPSA) is 70.1 Å². The average molecular weight is 455 g/mol. The molecule has 0 spiro atoms. The van der Waals surface area contributed by atoms with Crippen LogP contribution in [-0.2, 0) is 17.9 Å². The Morgan fingerprint density at radius 1 is 1.16 bits per heavy atom. The van der Waals surface area contributed by atoms with Gasteiger partial charge < -0.3 is 23.8 Å². The number of amides is 1. The van der Waals surface area contributed by atoms with Crippen LogP contribution in [0.3, 0.4) is 0 Å². The van der Waals surface area contributed by atoms with Gasteiger partial charge >= 0.3 is 0 Å². The van der Waals surface area contributed by atoms with E-state index in [1.807, 2.05) is 36.6 Å². The molecule has 0 fully saturated rings. The van der Waals surface area contributed by atoms with Gasteiger partial charge in [0.25, 0.3) is 5.91 Å². The first kappa shape index (κ1) is 22.1. The van der Waals surface area contributed by atoms with E-state index in [0.29, 0.717) is 43.4 Å². The van der Waals surface area contributed by atoms with Crippen molar-refractivity contribution in [2.75, 3.05) is 27.1 Å². The molecule has 0 atom stereocenters. The molecule has 2 heterocycles. The van der Waals surface area contributed by atoms with Crippen molar-refractivity contribution in [3.05, 3.63) is 69.7 Å². The highest BCUT2D eigenvalue weighted by atomic mass is 32.1. The van der Waals surface area contributed by atoms with Crippen molar-refractivity contribution in [3.8, 4) is 17.2 Å². The van der Waals surface area contributed by atoms with E-state index in [2.05, 4.69) is 4.98 Å². The molecule has 32 heavy (non-hydrogen) atoms. The van der Waals surface area contributed by atoms with E-state index in [1.165, 1.54) is 16.9 Å². The second-order valence-electron chi connectivity index (χ2n) is 7.48. The molecule has 168 valence electrons. The van der Waals surface area contributed by atoms with Gasteiger partial charge in [-0.15, -0.1) is 11.3 Å². The molecule has 0 saturated heterocycles. The minimum Gasteiger partial charge on any atom is -0.486 e. The fourth-order valence-electron chi connectivity index (χ4n) is 3.33. The molecular formula is C24H26N2O5S. The highest BCUT2D eigenvalue weighted by Crippen LogP contribution is 2.33. The summed E-state index contributed by atoms with van der Waals surface area (Å²) < 4.78 is 21.8. The van der Waals surface area contributed by atoms with Gasteiger partial charge in [0.1, 0.15) is 17.4 Å². The summed E-state index contributed by atoms with van der Waals surface area (Å²) in [6.45, 7) is 4.17. The normalized spacial score (nSPS) is 12.1. The number of hydrogen-bond donors (Lipinski definition) is 0. The van der Waals surface area contributed by atoms with E-state index in [-0.39, 0.29) is 12.7 Å². The maximum Gasteiger partial charge on any atom is 0.254 e. The minimum absolute atomic E-state index is 0.0788. The lowest BCUT2D eigenvalue weighted by atomic mass is 10.1. The Morgan fingerprint density at radius 3 is 2.78 bits per heavy atom. The van der Waals surface area contributed by atoms with Crippen LogP contribution >= 0.6 is 11.3 Å². The number of aromatic nitrogens is 1. The smallest absolute Gasteiger partial charge is 0.254 e. The van der Waals surface area contributed by atoms with Gasteiger partial charge in [0.15, 0.2) is 11.5 Å². The Bertz CT molecular complexity index is 1050. The highest BCUT2D eigenvalue weighted by molar-refractivity contribution is 7.09. The molecule has 0 radical (unpaired) electrons. The third kappa shape index (κ3) is 5.57. The summed E-state index contributed by atoms with van der Waals surface area (Å²) in [6, 6.07) is 13.2. The zero-order valence-corrected chi connectivity index (χ0v) is 19.0. The number of hydrogen-bond acceptors (Lipinski definition) is 7. The van der Waals surface area contributed by atoms with Crippen molar-refractivity contribution in [1.29, 1.82) is 0 Å². The number of fused-ring (bicyclic) bond motifs is 1. The van der Waals surface area contributed by atoms with Gasteiger partial charge in [0.2, 0.25) is 6.79 Å². The van der Waals surface area contributed by atoms with Crippen molar-refractivity contribution in [2.24, 2.45) is 0 Å². The molecule has 8 heteroatoms. The van der Waals surface area contributed by atoms with Gasteiger partial charge in [-0.25, -0.2) is 4.98 Å². The summed E-state index contributed by atoms with van der Waals surface area (Å²) in [7, 11) is 1.66. The summed E-state index contributed by atoms with van der Waals surface area (Å²) in [5, 5.41) is 2.84. The monoisotopic (exact) mass is 454 g/mol. The lowest BCUT2D eigenvalue weighted by Gasteiger charge is -2.22. The third-order valence-corrected chi connectivity index (χ3v) is 5.89. The van der Waals surface area contributed by atoms with Crippen LogP contribution in [0.1, 0.15) is 33.0 Å². The van der Waals surface area contributed by atoms with Crippen LogP contribution in [0.25, 0.3) is 0 Å². The Balaban J connectivity index is 1.42. The fourth-order valence-corrected chi connectivity index (χ4v) is 4.02. The van der Waals surface area contributed by atoms with Crippen molar-refractivity contribution in [1.82, 2.24) is 9.88 Å². The molecular weight excluding hydrogens is 428 g/mol. The van der Waals surface area contributed by atoms with E-state index in [4.69, 9.17) is 18.9 Å². The van der Waals surface area contributed by atoms with E-state index in [9.17, 15) is 4.79 Å². The second-order valence-corrected chi connectivity index (χ2v) is 8.42. The number of rotatable bonds is 10. The van der Waals surface area contributed by atoms with E-state index in [1.54, 1.807) is 30.2 Å². The number of thiazole rings is 1. The molecule has 0 unspecified atom stereocenters. The first-order chi connectivity index (χ1) is 15.6. The van der Waals surface area contributed by atoms with Crippen molar-refractivity contribution >= 4 is 17.2 Å². The van der Waals surface area contributed by atoms with Crippen LogP contribution in [0, 0.1) is 6.92 Å². The number of carbonyl (C=O) groups is 1. The lowest BCUT2D eigenvalue weighted by molar-refractivity contribution is 0.0721. The second kappa shape index (κ2) is 10.5. The van der Waals surface area contributed by atoms with Gasteiger partial charge in [0.05, 0.1) is 12.2 Å². The summed E-state index contributed by atoms with van der Waals surface area (Å²) in [6.07, 6.45) is 0.736. The SMILES string of the molecule is COCCCN(Cc1csc(COc2ccc(C)cc2)n1)C(=O)c1ccc2c(c1)OCO2. The van der Waals surface area contributed by atoms with E-state index >= 15 is 0 Å². The molecule has 0 bridgehead atoms. The Morgan fingerprint density at radius 2 is 1.97 bits per heavy atom. The fraction of sp³-hybridized carbons (Fsp3) is 0.333. The van der Waals surface area contributed by atoms with Crippen LogP contribution < -0.4 is 14.2 Å². The van der Waals surface area contributed by atoms with Gasteiger partial charge in [0, 0.05) is 31.2 Å². The van der Waals surface area contributed by atoms with Crippen LogP contribution in [0.4, 0.5) is 0 Å². The van der Waals surface area contributed by atoms with Gasteiger partial charge in [-0.3, -0.25) is 4.79 Å². The predicted octanol–water partition coefficient (Wildman–Crippen LogP) is 4.44. The molecule has 1 amide bonds. The van der Waals surface area contributed by atoms with Crippen molar-refractivity contribution < 1.29 is 23.7 Å². The first-order valence-corrected chi connectivity index (χ1v) is 11.3. The molecule has 0 aliphatic carbocycles. The van der Waals surface area contributed by atoms with E-state index in [0.717, 1.165) is 22.9 Å². The molecule has 1 aliphatic rings. The summed E-state index contributed by atoms with van der Waals surface area (Å²) in [5.41, 5.74) is 2.59. The zero-order chi connectivity index (χ0) is 22.3. The summed E-state index contributed by atoms with van der Waals surface area (Å²) >= 11 is 1.53. The average Bonchev–Trinajstić information content (AvgIpc) is 3.46. The summed E-state index contributed by atoms with van der Waals surface area (Å²) in [5.74, 6) is 1.98. The zero-order valence-electron chi connectivity index (χ0n) is 18.2. The standard InChI is InChI=1S/C24H26N2O5S/c1-17-4-7-20(8-5-17)29-14-23-25-19(15-32-23)13-26(10-3-11-28-2)24(27)18-6-9-21-22(12-18)31-16-30-21/h4-9,12,15H,3,10-11,13-14,16H2,1-2H3. The predicted molar refractivity (Wildman–Crippen MR) is 121 cm³/mol. The maximum absolute atomic E-state index is 13.2. The van der Waals surface area contributed by atoms with Crippen LogP contribution in [0.2, 0.25) is 0 Å². The van der Waals surface area contributed by atoms with Crippen LogP contribution in [0.15, 0.2) is 47.8 Å². The van der Waals surface area contributed by atoms with Crippen molar-refractivity contribution in [2.45, 2.75) is 26.5 Å². The van der Waals surface area contributed by atoms with Crippen LogP contribution in [-0.4, -0.2) is 42.8 Å². The van der Waals surface area contributed by atoms with Gasteiger partial charge in [-0.1, -0.05) is 17.7 Å². The number of carbonyl (C=O) groups excluding carboxylic acids is 1. The quantitative estimate of drug-likeness (QED) is 0.422. The number of methoxy groups -OCH3 is 1. The molecule has 7 nitrogen and oxygen atoms in total. The number of aryl methyl sites for hydroxylation is 1. The Kier molecular flexibility index (Phi) is 7.24. The number of benzene rings is 2. The third-order valence-electron chi connectivity index (χ3n) is 5.02. The number of nitrogens with zero attached hydrogens (tertiary/aromatic N) is 2. The molecule has 1 aromatic heterocycles. The Hall–Kier alpha value is -3.10. The largest absolute Gasteiger partial charge is 0.486 e. The minimum atomic E-state index is -0.0788. The van der Waals surface area contributed by atoms with Gasteiger partial charge in [-0.05, 0) is 43.7 Å². The van der Waals surface area contributed by atoms with Crippen molar-refractivity contribution in [3.63, 3.8) is 0 Å². The van der Waals surface area contributed by atoms with Crippen LogP contribution in [0.5, 0.6) is 17.2 Å². The van der Waals surface area contributed by atoms with E-state index < -0.39 is 0 Å². The molecule has 3 aromatic rings. The lowest BCUT2D eigenvalue weighted by Crippen LogP contribution is -2.32. The number of ether oxygens (including phenoxy) is 4. The molecule has 2 aromatic carbocycles. The molecule has 0 N–H and O–H groups in total. The first-order valence-electron chi connectivity index (χ1n) is 10.4. The molecule has 4 rings (SSSR count). The molecule has 0 saturated carbocycles. The highest BCUT2D eigenvalue weighted by Gasteiger charge is 2.21. The maximum atomic E-state index is 13.2. The molecule has 1 aliphatic heterocycles. The van der Waals surface area contributed by atoms with Gasteiger partial charge in [-0.2, -0.15) is 0 Å².